The van der Waals surface area contributed by atoms with E-state index in [2.05, 4.69) is 15.6 Å². The summed E-state index contributed by atoms with van der Waals surface area (Å²) in [7, 11) is 0. The summed E-state index contributed by atoms with van der Waals surface area (Å²) in [6, 6.07) is 3.17. The van der Waals surface area contributed by atoms with Gasteiger partial charge >= 0.3 is 0 Å². The Bertz CT molecular complexity index is 557. The average Bonchev–Trinajstić information content (AvgIpc) is 2.92. The van der Waals surface area contributed by atoms with Crippen molar-refractivity contribution >= 4 is 5.96 Å². The fraction of sp³-hybridized carbons (Fsp3) is 0.588. The fourth-order valence-corrected chi connectivity index (χ4v) is 2.87. The van der Waals surface area contributed by atoms with Gasteiger partial charge in [-0.2, -0.15) is 0 Å². The van der Waals surface area contributed by atoms with Crippen molar-refractivity contribution in [3.63, 3.8) is 0 Å². The summed E-state index contributed by atoms with van der Waals surface area (Å²) < 4.78 is 26.9. The highest BCUT2D eigenvalue weighted by Crippen LogP contribution is 2.29. The van der Waals surface area contributed by atoms with Crippen LogP contribution in [0.4, 0.5) is 8.78 Å². The van der Waals surface area contributed by atoms with Crippen LogP contribution in [-0.2, 0) is 0 Å². The molecule has 23 heavy (non-hydrogen) atoms. The first-order chi connectivity index (χ1) is 10.9. The highest BCUT2D eigenvalue weighted by Gasteiger charge is 2.30. The number of aliphatic imine (C=N–C) groups is 1. The first-order valence-electron chi connectivity index (χ1n) is 8.16. The predicted octanol–water partition coefficient (Wildman–Crippen LogP) is 2.89. The van der Waals surface area contributed by atoms with E-state index in [1.807, 2.05) is 6.92 Å². The number of guanidine groups is 1. The molecule has 4 nitrogen and oxygen atoms in total. The van der Waals surface area contributed by atoms with Crippen molar-refractivity contribution in [2.75, 3.05) is 13.1 Å². The minimum absolute atomic E-state index is 0.320. The molecule has 6 heteroatoms. The van der Waals surface area contributed by atoms with Gasteiger partial charge in [-0.3, -0.25) is 4.99 Å². The smallest absolute Gasteiger partial charge is 0.191 e. The van der Waals surface area contributed by atoms with Crippen molar-refractivity contribution in [1.82, 2.24) is 10.6 Å². The summed E-state index contributed by atoms with van der Waals surface area (Å²) in [5.41, 5.74) is -0.358. The molecule has 1 unspecified atom stereocenters. The van der Waals surface area contributed by atoms with Gasteiger partial charge < -0.3 is 15.7 Å². The maximum absolute atomic E-state index is 13.8. The third kappa shape index (κ3) is 4.89. The summed E-state index contributed by atoms with van der Waals surface area (Å²) in [4.78, 5) is 4.43. The number of halogens is 2. The van der Waals surface area contributed by atoms with Crippen LogP contribution in [-0.4, -0.2) is 29.8 Å². The van der Waals surface area contributed by atoms with E-state index in [0.717, 1.165) is 31.7 Å². The van der Waals surface area contributed by atoms with Gasteiger partial charge in [0.05, 0.1) is 18.2 Å². The second-order valence-electron chi connectivity index (χ2n) is 6.16. The van der Waals surface area contributed by atoms with E-state index in [1.54, 1.807) is 6.92 Å². The maximum atomic E-state index is 13.8. The minimum Gasteiger partial charge on any atom is -0.388 e. The number of nitrogens with zero attached hydrogens (tertiary/aromatic N) is 1. The van der Waals surface area contributed by atoms with Crippen molar-refractivity contribution in [2.45, 2.75) is 51.2 Å². The number of hydrogen-bond donors (Lipinski definition) is 3. The Labute approximate surface area is 136 Å². The first kappa shape index (κ1) is 17.7. The molecule has 128 valence electrons. The zero-order valence-electron chi connectivity index (χ0n) is 13.7. The number of hydrogen-bond acceptors (Lipinski definition) is 2. The van der Waals surface area contributed by atoms with Crippen molar-refractivity contribution in [2.24, 2.45) is 4.99 Å². The molecule has 3 N–H and O–H groups in total. The van der Waals surface area contributed by atoms with Crippen LogP contribution >= 0.6 is 0 Å². The SMILES string of the molecule is CCNC(=NCC1(O)CCCC1)NC(C)c1ccc(F)cc1F. The van der Waals surface area contributed by atoms with E-state index >= 15 is 0 Å². The van der Waals surface area contributed by atoms with Gasteiger partial charge in [-0.15, -0.1) is 0 Å². The Morgan fingerprint density at radius 1 is 1.35 bits per heavy atom. The van der Waals surface area contributed by atoms with Crippen LogP contribution in [0.1, 0.15) is 51.1 Å². The van der Waals surface area contributed by atoms with E-state index in [4.69, 9.17) is 0 Å². The average molecular weight is 325 g/mol. The Balaban J connectivity index is 2.05. The zero-order valence-corrected chi connectivity index (χ0v) is 13.7. The Morgan fingerprint density at radius 3 is 2.65 bits per heavy atom. The van der Waals surface area contributed by atoms with E-state index < -0.39 is 17.2 Å². The van der Waals surface area contributed by atoms with Gasteiger partial charge in [0, 0.05) is 18.2 Å². The Hall–Kier alpha value is -1.69. The second kappa shape index (κ2) is 7.73. The van der Waals surface area contributed by atoms with Gasteiger partial charge in [0.2, 0.25) is 0 Å². The lowest BCUT2D eigenvalue weighted by atomic mass is 10.0. The van der Waals surface area contributed by atoms with E-state index in [0.29, 0.717) is 24.6 Å². The molecule has 0 amide bonds. The highest BCUT2D eigenvalue weighted by atomic mass is 19.1. The molecule has 1 aliphatic carbocycles. The molecule has 1 saturated carbocycles. The molecule has 1 aromatic carbocycles. The standard InChI is InChI=1S/C17H25F2N3O/c1-3-20-16(21-11-17(23)8-4-5-9-17)22-12(2)14-7-6-13(18)10-15(14)19/h6-7,10,12,23H,3-5,8-9,11H2,1-2H3,(H2,20,21,22). The number of benzene rings is 1. The van der Waals surface area contributed by atoms with Crippen LogP contribution in [0.2, 0.25) is 0 Å². The van der Waals surface area contributed by atoms with Crippen molar-refractivity contribution in [3.05, 3.63) is 35.4 Å². The summed E-state index contributed by atoms with van der Waals surface area (Å²) in [6.45, 7) is 4.70. The Morgan fingerprint density at radius 2 is 2.04 bits per heavy atom. The van der Waals surface area contributed by atoms with Crippen LogP contribution in [0.5, 0.6) is 0 Å². The molecule has 1 fully saturated rings. The molecule has 0 spiro atoms. The minimum atomic E-state index is -0.729. The number of aliphatic hydroxyl groups is 1. The molecule has 0 radical (unpaired) electrons. The van der Waals surface area contributed by atoms with Crippen molar-refractivity contribution < 1.29 is 13.9 Å². The quantitative estimate of drug-likeness (QED) is 0.576. The molecular weight excluding hydrogens is 300 g/mol. The predicted molar refractivity (Wildman–Crippen MR) is 87.3 cm³/mol. The van der Waals surface area contributed by atoms with Crippen molar-refractivity contribution in [1.29, 1.82) is 0 Å². The van der Waals surface area contributed by atoms with Crippen LogP contribution in [0.3, 0.4) is 0 Å². The topological polar surface area (TPSA) is 56.7 Å². The molecule has 0 bridgehead atoms. The lowest BCUT2D eigenvalue weighted by Gasteiger charge is -2.22. The Kier molecular flexibility index (Phi) is 5.93. The van der Waals surface area contributed by atoms with Crippen LogP contribution in [0, 0.1) is 11.6 Å². The van der Waals surface area contributed by atoms with E-state index in [1.165, 1.54) is 12.1 Å². The van der Waals surface area contributed by atoms with Crippen LogP contribution < -0.4 is 10.6 Å². The van der Waals surface area contributed by atoms with E-state index in [9.17, 15) is 13.9 Å². The molecule has 0 heterocycles. The summed E-state index contributed by atoms with van der Waals surface area (Å²) in [5.74, 6) is -0.665. The molecule has 1 aromatic rings. The summed E-state index contributed by atoms with van der Waals surface area (Å²) in [5, 5.41) is 16.6. The number of rotatable bonds is 5. The van der Waals surface area contributed by atoms with E-state index in [-0.39, 0.29) is 6.04 Å². The van der Waals surface area contributed by atoms with Gasteiger partial charge in [-0.25, -0.2) is 8.78 Å². The third-order valence-electron chi connectivity index (χ3n) is 4.19. The maximum Gasteiger partial charge on any atom is 0.191 e. The molecule has 0 aliphatic heterocycles. The molecule has 0 saturated heterocycles. The largest absolute Gasteiger partial charge is 0.388 e. The normalized spacial score (nSPS) is 18.7. The molecule has 2 rings (SSSR count). The summed E-state index contributed by atoms with van der Waals surface area (Å²) in [6.07, 6.45) is 3.57. The molecular formula is C17H25F2N3O. The molecule has 1 atom stereocenters. The lowest BCUT2D eigenvalue weighted by molar-refractivity contribution is 0.0574. The van der Waals surface area contributed by atoms with Gasteiger partial charge in [0.25, 0.3) is 0 Å². The monoisotopic (exact) mass is 325 g/mol. The van der Waals surface area contributed by atoms with Gasteiger partial charge in [-0.1, -0.05) is 18.9 Å². The van der Waals surface area contributed by atoms with Crippen LogP contribution in [0.15, 0.2) is 23.2 Å². The van der Waals surface area contributed by atoms with Crippen molar-refractivity contribution in [3.8, 4) is 0 Å². The fourth-order valence-electron chi connectivity index (χ4n) is 2.87. The lowest BCUT2D eigenvalue weighted by Crippen LogP contribution is -2.40. The first-order valence-corrected chi connectivity index (χ1v) is 8.16. The third-order valence-corrected chi connectivity index (χ3v) is 4.19. The molecule has 0 aromatic heterocycles. The van der Waals surface area contributed by atoms with Crippen LogP contribution in [0.25, 0.3) is 0 Å². The van der Waals surface area contributed by atoms with Gasteiger partial charge in [0.1, 0.15) is 11.6 Å². The summed E-state index contributed by atoms with van der Waals surface area (Å²) >= 11 is 0. The second-order valence-corrected chi connectivity index (χ2v) is 6.16. The highest BCUT2D eigenvalue weighted by molar-refractivity contribution is 5.80. The van der Waals surface area contributed by atoms with Gasteiger partial charge in [-0.05, 0) is 32.8 Å². The molecule has 1 aliphatic rings. The number of nitrogens with one attached hydrogen (secondary N) is 2. The van der Waals surface area contributed by atoms with Gasteiger partial charge in [0.15, 0.2) is 5.96 Å². The zero-order chi connectivity index (χ0) is 16.9.